The second-order valence-electron chi connectivity index (χ2n) is 3.71. The van der Waals surface area contributed by atoms with E-state index in [0.717, 1.165) is 0 Å². The van der Waals surface area contributed by atoms with Crippen molar-refractivity contribution in [3.05, 3.63) is 46.0 Å². The van der Waals surface area contributed by atoms with Crippen LogP contribution in [-0.2, 0) is 10.0 Å². The molecule has 0 saturated heterocycles. The molecule has 0 unspecified atom stereocenters. The van der Waals surface area contributed by atoms with Gasteiger partial charge in [-0.1, -0.05) is 17.7 Å². The van der Waals surface area contributed by atoms with Gasteiger partial charge in [0.15, 0.2) is 0 Å². The smallest absolute Gasteiger partial charge is 0.281 e. The quantitative estimate of drug-likeness (QED) is 0.562. The van der Waals surface area contributed by atoms with Crippen LogP contribution in [0.5, 0.6) is 0 Å². The number of aromatic nitrogens is 1. The Kier molecular flexibility index (Phi) is 4.48. The van der Waals surface area contributed by atoms with Crippen molar-refractivity contribution in [3.63, 3.8) is 0 Å². The topological polar surface area (TPSA) is 97.1 Å². The molecular weight excluding hydrogens is 368 g/mol. The monoisotopic (exact) mass is 376 g/mol. The summed E-state index contributed by atoms with van der Waals surface area (Å²) >= 11 is 9.14. The number of nitrogen functional groups attached to an aromatic ring is 1. The molecule has 0 saturated carbocycles. The van der Waals surface area contributed by atoms with Gasteiger partial charge in [0, 0.05) is 6.20 Å². The number of halogens is 2. The lowest BCUT2D eigenvalue weighted by Crippen LogP contribution is -2.19. The first-order chi connectivity index (χ1) is 9.45. The number of sulfonamides is 1. The summed E-state index contributed by atoms with van der Waals surface area (Å²) in [6, 6.07) is 7.92. The minimum Gasteiger partial charge on any atom is -0.321 e. The standard InChI is InChI=1S/C11H10BrClN4O2S/c12-10-7(13)3-1-4-8(10)17-20(18,19)11-9(16-14)5-2-6-15-11/h1-6,16-17H,14H2. The molecule has 0 atom stereocenters. The number of hydrogen-bond donors (Lipinski definition) is 3. The number of nitrogens with two attached hydrogens (primary N) is 1. The fraction of sp³-hybridized carbons (Fsp3) is 0. The summed E-state index contributed by atoms with van der Waals surface area (Å²) in [6.45, 7) is 0. The van der Waals surface area contributed by atoms with E-state index in [-0.39, 0.29) is 10.7 Å². The molecule has 0 aliphatic rings. The number of pyridine rings is 1. The number of anilines is 2. The minimum atomic E-state index is -3.89. The van der Waals surface area contributed by atoms with Gasteiger partial charge in [-0.25, -0.2) is 4.98 Å². The van der Waals surface area contributed by atoms with Crippen LogP contribution in [0, 0.1) is 0 Å². The van der Waals surface area contributed by atoms with Crippen molar-refractivity contribution in [1.82, 2.24) is 4.98 Å². The Labute approximate surface area is 129 Å². The summed E-state index contributed by atoms with van der Waals surface area (Å²) in [5, 5.41) is 0.192. The predicted octanol–water partition coefficient (Wildman–Crippen LogP) is 2.58. The average molecular weight is 378 g/mol. The Bertz CT molecular complexity index is 739. The second kappa shape index (κ2) is 5.96. The second-order valence-corrected chi connectivity index (χ2v) is 6.51. The fourth-order valence-corrected chi connectivity index (χ4v) is 3.33. The highest BCUT2D eigenvalue weighted by Gasteiger charge is 2.21. The van der Waals surface area contributed by atoms with Crippen LogP contribution in [0.4, 0.5) is 11.4 Å². The van der Waals surface area contributed by atoms with Crippen molar-refractivity contribution in [3.8, 4) is 0 Å². The van der Waals surface area contributed by atoms with Gasteiger partial charge in [0.25, 0.3) is 10.0 Å². The molecule has 20 heavy (non-hydrogen) atoms. The van der Waals surface area contributed by atoms with Gasteiger partial charge in [0.05, 0.1) is 20.9 Å². The number of nitrogens with zero attached hydrogens (tertiary/aromatic N) is 1. The van der Waals surface area contributed by atoms with Crippen molar-refractivity contribution < 1.29 is 8.42 Å². The Hall–Kier alpha value is -1.35. The molecule has 106 valence electrons. The Morgan fingerprint density at radius 2 is 1.90 bits per heavy atom. The zero-order valence-corrected chi connectivity index (χ0v) is 13.1. The van der Waals surface area contributed by atoms with E-state index in [2.05, 4.69) is 31.1 Å². The Morgan fingerprint density at radius 3 is 2.60 bits per heavy atom. The molecule has 0 fully saturated rings. The third kappa shape index (κ3) is 3.04. The predicted molar refractivity (Wildman–Crippen MR) is 82.0 cm³/mol. The summed E-state index contributed by atoms with van der Waals surface area (Å²) in [6.07, 6.45) is 1.36. The molecule has 0 bridgehead atoms. The molecule has 9 heteroatoms. The first-order valence-corrected chi connectivity index (χ1v) is 7.99. The molecule has 2 aromatic rings. The first kappa shape index (κ1) is 15.0. The van der Waals surface area contributed by atoms with Crippen LogP contribution in [0.15, 0.2) is 46.0 Å². The molecule has 1 aromatic carbocycles. The lowest BCUT2D eigenvalue weighted by atomic mass is 10.3. The van der Waals surface area contributed by atoms with Crippen LogP contribution in [0.3, 0.4) is 0 Å². The molecule has 4 N–H and O–H groups in total. The van der Waals surface area contributed by atoms with Crippen molar-refractivity contribution >= 4 is 48.9 Å². The Morgan fingerprint density at radius 1 is 1.20 bits per heavy atom. The van der Waals surface area contributed by atoms with E-state index >= 15 is 0 Å². The molecule has 6 nitrogen and oxygen atoms in total. The zero-order valence-electron chi connectivity index (χ0n) is 9.97. The molecule has 0 amide bonds. The van der Waals surface area contributed by atoms with Crippen molar-refractivity contribution in [2.75, 3.05) is 10.1 Å². The van der Waals surface area contributed by atoms with Gasteiger partial charge in [-0.15, -0.1) is 0 Å². The van der Waals surface area contributed by atoms with E-state index in [9.17, 15) is 8.42 Å². The van der Waals surface area contributed by atoms with Gasteiger partial charge in [-0.2, -0.15) is 8.42 Å². The van der Waals surface area contributed by atoms with Crippen molar-refractivity contribution in [2.24, 2.45) is 5.84 Å². The lowest BCUT2D eigenvalue weighted by Gasteiger charge is -2.12. The van der Waals surface area contributed by atoms with E-state index in [4.69, 9.17) is 17.4 Å². The molecule has 1 heterocycles. The number of nitrogens with one attached hydrogen (secondary N) is 2. The minimum absolute atomic E-state index is 0.193. The highest BCUT2D eigenvalue weighted by molar-refractivity contribution is 9.10. The molecular formula is C11H10BrClN4O2S. The highest BCUT2D eigenvalue weighted by Crippen LogP contribution is 2.32. The average Bonchev–Trinajstić information content (AvgIpc) is 2.43. The number of hydrazine groups is 1. The maximum absolute atomic E-state index is 12.3. The van der Waals surface area contributed by atoms with Crippen LogP contribution < -0.4 is 16.0 Å². The van der Waals surface area contributed by atoms with Gasteiger partial charge in [-0.05, 0) is 40.2 Å². The molecule has 1 aromatic heterocycles. The highest BCUT2D eigenvalue weighted by atomic mass is 79.9. The molecule has 0 aliphatic carbocycles. The number of benzene rings is 1. The third-order valence-corrected chi connectivity index (χ3v) is 5.10. The fourth-order valence-electron chi connectivity index (χ4n) is 1.49. The summed E-state index contributed by atoms with van der Waals surface area (Å²) in [7, 11) is -3.89. The normalized spacial score (nSPS) is 11.2. The van der Waals surface area contributed by atoms with Crippen molar-refractivity contribution in [2.45, 2.75) is 5.03 Å². The molecule has 2 rings (SSSR count). The summed E-state index contributed by atoms with van der Waals surface area (Å²) < 4.78 is 27.5. The third-order valence-electron chi connectivity index (χ3n) is 2.38. The van der Waals surface area contributed by atoms with Crippen LogP contribution in [0.25, 0.3) is 0 Å². The van der Waals surface area contributed by atoms with E-state index in [1.54, 1.807) is 24.3 Å². The summed E-state index contributed by atoms with van der Waals surface area (Å²) in [5.41, 5.74) is 2.80. The van der Waals surface area contributed by atoms with E-state index in [1.165, 1.54) is 12.3 Å². The SMILES string of the molecule is NNc1cccnc1S(=O)(=O)Nc1cccc(Cl)c1Br. The number of rotatable bonds is 4. The molecule has 0 radical (unpaired) electrons. The Balaban J connectivity index is 2.44. The van der Waals surface area contributed by atoms with E-state index < -0.39 is 10.0 Å². The summed E-state index contributed by atoms with van der Waals surface area (Å²) in [5.74, 6) is 5.28. The van der Waals surface area contributed by atoms with Gasteiger partial charge < -0.3 is 5.43 Å². The van der Waals surface area contributed by atoms with Crippen LogP contribution in [-0.4, -0.2) is 13.4 Å². The van der Waals surface area contributed by atoms with Gasteiger partial charge >= 0.3 is 0 Å². The van der Waals surface area contributed by atoms with E-state index in [0.29, 0.717) is 15.2 Å². The van der Waals surface area contributed by atoms with Gasteiger partial charge in [0.1, 0.15) is 0 Å². The molecule has 0 spiro atoms. The van der Waals surface area contributed by atoms with Gasteiger partial charge in [0.2, 0.25) is 5.03 Å². The largest absolute Gasteiger partial charge is 0.321 e. The van der Waals surface area contributed by atoms with Crippen LogP contribution in [0.1, 0.15) is 0 Å². The number of hydrogen-bond acceptors (Lipinski definition) is 5. The first-order valence-electron chi connectivity index (χ1n) is 5.34. The van der Waals surface area contributed by atoms with Crippen LogP contribution in [0.2, 0.25) is 5.02 Å². The van der Waals surface area contributed by atoms with Gasteiger partial charge in [-0.3, -0.25) is 10.6 Å². The van der Waals surface area contributed by atoms with E-state index in [1.807, 2.05) is 0 Å². The van der Waals surface area contributed by atoms with Crippen LogP contribution >= 0.6 is 27.5 Å². The molecule has 0 aliphatic heterocycles. The zero-order chi connectivity index (χ0) is 14.8. The van der Waals surface area contributed by atoms with Crippen molar-refractivity contribution in [1.29, 1.82) is 0 Å². The summed E-state index contributed by atoms with van der Waals surface area (Å²) in [4.78, 5) is 3.83. The lowest BCUT2D eigenvalue weighted by molar-refractivity contribution is 0.598. The maximum Gasteiger partial charge on any atom is 0.281 e. The maximum atomic E-state index is 12.3.